The van der Waals surface area contributed by atoms with E-state index in [1.165, 1.54) is 11.1 Å². The van der Waals surface area contributed by atoms with Gasteiger partial charge in [-0.1, -0.05) is 31.2 Å². The molecule has 1 amide bonds. The maximum Gasteiger partial charge on any atom is 0.272 e. The van der Waals surface area contributed by atoms with Gasteiger partial charge in [0.25, 0.3) is 5.91 Å². The summed E-state index contributed by atoms with van der Waals surface area (Å²) >= 11 is 0. The number of H-pyrrole nitrogens is 1. The largest absolute Gasteiger partial charge is 0.346 e. The second kappa shape index (κ2) is 8.93. The number of nitrogens with zero attached hydrogens (tertiary/aromatic N) is 4. The van der Waals surface area contributed by atoms with Crippen molar-refractivity contribution in [2.45, 2.75) is 19.9 Å². The van der Waals surface area contributed by atoms with E-state index in [9.17, 15) is 4.79 Å². The van der Waals surface area contributed by atoms with Crippen LogP contribution in [0.2, 0.25) is 0 Å². The van der Waals surface area contributed by atoms with Gasteiger partial charge in [-0.05, 0) is 47.4 Å². The van der Waals surface area contributed by atoms with Crippen LogP contribution in [0.1, 0.15) is 28.5 Å². The van der Waals surface area contributed by atoms with E-state index in [1.54, 1.807) is 6.20 Å². The van der Waals surface area contributed by atoms with Gasteiger partial charge in [-0.15, -0.1) is 0 Å². The van der Waals surface area contributed by atoms with Crippen molar-refractivity contribution in [2.75, 3.05) is 26.2 Å². The number of amides is 1. The summed E-state index contributed by atoms with van der Waals surface area (Å²) in [7, 11) is 0. The summed E-state index contributed by atoms with van der Waals surface area (Å²) in [6.45, 7) is 6.27. The van der Waals surface area contributed by atoms with Crippen LogP contribution in [0.25, 0.3) is 22.2 Å². The van der Waals surface area contributed by atoms with Crippen molar-refractivity contribution in [1.82, 2.24) is 24.8 Å². The smallest absolute Gasteiger partial charge is 0.272 e. The highest BCUT2D eigenvalue weighted by Crippen LogP contribution is 2.23. The number of fused-ring (bicyclic) bond motifs is 1. The lowest BCUT2D eigenvalue weighted by Gasteiger charge is -2.34. The number of aromatic amines is 1. The van der Waals surface area contributed by atoms with Gasteiger partial charge in [0.05, 0.1) is 0 Å². The van der Waals surface area contributed by atoms with Crippen molar-refractivity contribution >= 4 is 16.9 Å². The molecule has 1 aromatic carbocycles. The number of carbonyl (C=O) groups excluding carboxylic acids is 1. The quantitative estimate of drug-likeness (QED) is 0.522. The molecular formula is C26H27N5O. The van der Waals surface area contributed by atoms with Crippen LogP contribution in [0, 0.1) is 0 Å². The standard InChI is InChI=1S/C26H27N5O/c1-2-19-3-5-20(6-4-19)18-30-11-13-31(14-12-30)26(32)24-16-21(7-9-27-24)23-15-22-8-10-28-25(22)29-17-23/h3-10,15-17H,2,11-14,18H2,1H3,(H,28,29). The van der Waals surface area contributed by atoms with Gasteiger partial charge in [0.1, 0.15) is 11.3 Å². The first kappa shape index (κ1) is 20.4. The van der Waals surface area contributed by atoms with Gasteiger partial charge in [-0.25, -0.2) is 4.98 Å². The van der Waals surface area contributed by atoms with Crippen LogP contribution in [0.5, 0.6) is 0 Å². The molecule has 0 radical (unpaired) electrons. The third-order valence-corrected chi connectivity index (χ3v) is 6.21. The summed E-state index contributed by atoms with van der Waals surface area (Å²) in [5.41, 5.74) is 5.96. The van der Waals surface area contributed by atoms with Crippen molar-refractivity contribution in [3.8, 4) is 11.1 Å². The molecule has 0 bridgehead atoms. The lowest BCUT2D eigenvalue weighted by atomic mass is 10.1. The maximum atomic E-state index is 13.1. The topological polar surface area (TPSA) is 65.1 Å². The SMILES string of the molecule is CCc1ccc(CN2CCN(C(=O)c3cc(-c4cnc5[nH]ccc5c4)ccn3)CC2)cc1. The number of nitrogens with one attached hydrogen (secondary N) is 1. The molecule has 0 spiro atoms. The third-order valence-electron chi connectivity index (χ3n) is 6.21. The fourth-order valence-corrected chi connectivity index (χ4v) is 4.23. The Kier molecular flexibility index (Phi) is 5.69. The van der Waals surface area contributed by atoms with E-state index in [2.05, 4.69) is 57.1 Å². The lowest BCUT2D eigenvalue weighted by Crippen LogP contribution is -2.48. The molecule has 6 nitrogen and oxygen atoms in total. The molecule has 4 aromatic rings. The third kappa shape index (κ3) is 4.27. The molecule has 6 heteroatoms. The number of carbonyl (C=O) groups is 1. The maximum absolute atomic E-state index is 13.1. The molecule has 0 unspecified atom stereocenters. The van der Waals surface area contributed by atoms with Gasteiger partial charge in [0, 0.05) is 62.3 Å². The molecular weight excluding hydrogens is 398 g/mol. The Morgan fingerprint density at radius 3 is 2.50 bits per heavy atom. The minimum atomic E-state index is -0.00511. The molecule has 1 fully saturated rings. The van der Waals surface area contributed by atoms with Gasteiger partial charge >= 0.3 is 0 Å². The van der Waals surface area contributed by atoms with Crippen LogP contribution in [0.4, 0.5) is 0 Å². The van der Waals surface area contributed by atoms with Crippen LogP contribution in [-0.4, -0.2) is 56.8 Å². The Balaban J connectivity index is 1.23. The van der Waals surface area contributed by atoms with Gasteiger partial charge in [-0.2, -0.15) is 0 Å². The van der Waals surface area contributed by atoms with Gasteiger partial charge in [0.2, 0.25) is 0 Å². The Bertz CT molecular complexity index is 1220. The molecule has 1 N–H and O–H groups in total. The molecule has 32 heavy (non-hydrogen) atoms. The van der Waals surface area contributed by atoms with Crippen LogP contribution in [0.3, 0.4) is 0 Å². The second-order valence-corrected chi connectivity index (χ2v) is 8.31. The molecule has 5 rings (SSSR count). The first-order valence-electron chi connectivity index (χ1n) is 11.2. The van der Waals surface area contributed by atoms with Crippen LogP contribution in [0.15, 0.2) is 67.1 Å². The van der Waals surface area contributed by atoms with Crippen LogP contribution in [-0.2, 0) is 13.0 Å². The molecule has 0 atom stereocenters. The molecule has 1 aliphatic rings. The van der Waals surface area contributed by atoms with Crippen molar-refractivity contribution < 1.29 is 4.79 Å². The van der Waals surface area contributed by atoms with Crippen molar-refractivity contribution in [1.29, 1.82) is 0 Å². The summed E-state index contributed by atoms with van der Waals surface area (Å²) in [5.74, 6) is -0.00511. The number of hydrogen-bond donors (Lipinski definition) is 1. The Labute approximate surface area is 187 Å². The molecule has 3 aromatic heterocycles. The number of aromatic nitrogens is 3. The Morgan fingerprint density at radius 1 is 0.938 bits per heavy atom. The van der Waals surface area contributed by atoms with E-state index < -0.39 is 0 Å². The Hall–Kier alpha value is -3.51. The molecule has 162 valence electrons. The average Bonchev–Trinajstić information content (AvgIpc) is 3.33. The fraction of sp³-hybridized carbons (Fsp3) is 0.269. The first-order chi connectivity index (χ1) is 15.7. The van der Waals surface area contributed by atoms with E-state index in [0.717, 1.165) is 48.2 Å². The number of benzene rings is 1. The Morgan fingerprint density at radius 2 is 1.72 bits per heavy atom. The number of hydrogen-bond acceptors (Lipinski definition) is 4. The normalized spacial score (nSPS) is 14.7. The average molecular weight is 426 g/mol. The van der Waals surface area contributed by atoms with E-state index in [1.807, 2.05) is 35.5 Å². The van der Waals surface area contributed by atoms with Gasteiger partial charge in [-0.3, -0.25) is 14.7 Å². The predicted molar refractivity (Wildman–Crippen MR) is 126 cm³/mol. The molecule has 1 saturated heterocycles. The second-order valence-electron chi connectivity index (χ2n) is 8.31. The van der Waals surface area contributed by atoms with Gasteiger partial charge < -0.3 is 9.88 Å². The zero-order valence-corrected chi connectivity index (χ0v) is 18.3. The molecule has 4 heterocycles. The van der Waals surface area contributed by atoms with Crippen molar-refractivity contribution in [3.63, 3.8) is 0 Å². The van der Waals surface area contributed by atoms with Crippen LogP contribution >= 0.6 is 0 Å². The zero-order chi connectivity index (χ0) is 21.9. The number of rotatable bonds is 5. The monoisotopic (exact) mass is 425 g/mol. The highest BCUT2D eigenvalue weighted by atomic mass is 16.2. The number of pyridine rings is 2. The van der Waals surface area contributed by atoms with E-state index in [-0.39, 0.29) is 5.91 Å². The summed E-state index contributed by atoms with van der Waals surface area (Å²) in [5, 5.41) is 1.05. The van der Waals surface area contributed by atoms with Crippen molar-refractivity contribution in [2.24, 2.45) is 0 Å². The molecule has 1 aliphatic heterocycles. The van der Waals surface area contributed by atoms with E-state index in [4.69, 9.17) is 0 Å². The summed E-state index contributed by atoms with van der Waals surface area (Å²) in [6.07, 6.45) is 6.48. The first-order valence-corrected chi connectivity index (χ1v) is 11.2. The number of aryl methyl sites for hydroxylation is 1. The van der Waals surface area contributed by atoms with E-state index >= 15 is 0 Å². The lowest BCUT2D eigenvalue weighted by molar-refractivity contribution is 0.0623. The van der Waals surface area contributed by atoms with Gasteiger partial charge in [0.15, 0.2) is 0 Å². The van der Waals surface area contributed by atoms with Crippen molar-refractivity contribution in [3.05, 3.63) is 83.9 Å². The van der Waals surface area contributed by atoms with Crippen LogP contribution < -0.4 is 0 Å². The zero-order valence-electron chi connectivity index (χ0n) is 18.3. The fourth-order valence-electron chi connectivity index (χ4n) is 4.23. The minimum absolute atomic E-state index is 0.00511. The predicted octanol–water partition coefficient (Wildman–Crippen LogP) is 4.15. The highest BCUT2D eigenvalue weighted by molar-refractivity contribution is 5.94. The van der Waals surface area contributed by atoms with E-state index in [0.29, 0.717) is 18.8 Å². The molecule has 0 aliphatic carbocycles. The minimum Gasteiger partial charge on any atom is -0.346 e. The molecule has 0 saturated carbocycles. The number of piperazine rings is 1. The summed E-state index contributed by atoms with van der Waals surface area (Å²) in [6, 6.07) is 16.7. The highest BCUT2D eigenvalue weighted by Gasteiger charge is 2.23. The summed E-state index contributed by atoms with van der Waals surface area (Å²) in [4.78, 5) is 29.4. The summed E-state index contributed by atoms with van der Waals surface area (Å²) < 4.78 is 0.